The number of nitrogens with zero attached hydrogens (tertiary/aromatic N) is 4. The first-order valence-electron chi connectivity index (χ1n) is 8.32. The van der Waals surface area contributed by atoms with E-state index in [4.69, 9.17) is 4.42 Å². The molecular formula is C18H19N5O2. The molecule has 0 aromatic carbocycles. The summed E-state index contributed by atoms with van der Waals surface area (Å²) in [5.41, 5.74) is 2.90. The number of nitrogens with one attached hydrogen (secondary N) is 1. The summed E-state index contributed by atoms with van der Waals surface area (Å²) in [6, 6.07) is 9.49. The number of aromatic nitrogens is 3. The topological polar surface area (TPSA) is 76.2 Å². The van der Waals surface area contributed by atoms with Crippen molar-refractivity contribution in [1.29, 1.82) is 0 Å². The highest BCUT2D eigenvalue weighted by Crippen LogP contribution is 2.21. The molecule has 4 rings (SSSR count). The van der Waals surface area contributed by atoms with E-state index >= 15 is 0 Å². The summed E-state index contributed by atoms with van der Waals surface area (Å²) >= 11 is 0. The Morgan fingerprint density at radius 2 is 2.24 bits per heavy atom. The quantitative estimate of drug-likeness (QED) is 0.797. The molecule has 0 unspecified atom stereocenters. The minimum Gasteiger partial charge on any atom is -0.467 e. The van der Waals surface area contributed by atoms with Crippen molar-refractivity contribution in [1.82, 2.24) is 25.0 Å². The average Bonchev–Trinajstić information content (AvgIpc) is 3.26. The average molecular weight is 337 g/mol. The minimum atomic E-state index is -0.0889. The van der Waals surface area contributed by atoms with Crippen LogP contribution in [0.5, 0.6) is 0 Å². The zero-order chi connectivity index (χ0) is 17.1. The normalized spacial score (nSPS) is 14.0. The number of rotatable bonds is 3. The third kappa shape index (κ3) is 3.40. The second-order valence-electron chi connectivity index (χ2n) is 6.00. The molecule has 0 radical (unpaired) electrons. The lowest BCUT2D eigenvalue weighted by Gasteiger charge is -2.20. The Labute approximate surface area is 145 Å². The first kappa shape index (κ1) is 15.4. The van der Waals surface area contributed by atoms with Crippen LogP contribution in [-0.2, 0) is 19.6 Å². The van der Waals surface area contributed by atoms with Gasteiger partial charge in [0.2, 0.25) is 0 Å². The van der Waals surface area contributed by atoms with Crippen LogP contribution >= 0.6 is 0 Å². The Kier molecular flexibility index (Phi) is 4.20. The van der Waals surface area contributed by atoms with Crippen LogP contribution in [0.15, 0.2) is 53.4 Å². The number of hydrogen-bond acceptors (Lipinski definition) is 4. The highest BCUT2D eigenvalue weighted by Gasteiger charge is 2.21. The maximum Gasteiger partial charge on any atom is 0.318 e. The van der Waals surface area contributed by atoms with Crippen LogP contribution in [-0.4, -0.2) is 32.2 Å². The van der Waals surface area contributed by atoms with Gasteiger partial charge in [0, 0.05) is 31.0 Å². The summed E-state index contributed by atoms with van der Waals surface area (Å²) < 4.78 is 7.24. The summed E-state index contributed by atoms with van der Waals surface area (Å²) in [5, 5.41) is 7.57. The summed E-state index contributed by atoms with van der Waals surface area (Å²) in [7, 11) is 0. The molecule has 3 aromatic rings. The SMILES string of the molecule is O=C(NCc1ccco1)N1CCCn2nc(-c3cccnc3)cc2C1. The van der Waals surface area contributed by atoms with Crippen molar-refractivity contribution < 1.29 is 9.21 Å². The molecule has 1 N–H and O–H groups in total. The first-order chi connectivity index (χ1) is 12.3. The maximum absolute atomic E-state index is 12.5. The second-order valence-corrected chi connectivity index (χ2v) is 6.00. The molecule has 3 aromatic heterocycles. The number of hydrogen-bond donors (Lipinski definition) is 1. The monoisotopic (exact) mass is 337 g/mol. The third-order valence-electron chi connectivity index (χ3n) is 4.25. The Morgan fingerprint density at radius 3 is 3.04 bits per heavy atom. The number of furan rings is 1. The number of aryl methyl sites for hydroxylation is 1. The van der Waals surface area contributed by atoms with E-state index in [-0.39, 0.29) is 6.03 Å². The van der Waals surface area contributed by atoms with E-state index in [1.807, 2.05) is 39.9 Å². The number of carbonyl (C=O) groups excluding carboxylic acids is 1. The van der Waals surface area contributed by atoms with Gasteiger partial charge in [-0.05, 0) is 36.8 Å². The van der Waals surface area contributed by atoms with E-state index in [2.05, 4.69) is 15.4 Å². The standard InChI is InChI=1S/C18H19N5O2/c24-18(20-12-16-5-2-9-25-16)22-7-3-8-23-15(13-22)10-17(21-23)14-4-1-6-19-11-14/h1-2,4-6,9-11H,3,7-8,12-13H2,(H,20,24). The minimum absolute atomic E-state index is 0.0889. The lowest BCUT2D eigenvalue weighted by molar-refractivity contribution is 0.194. The summed E-state index contributed by atoms with van der Waals surface area (Å²) in [6.07, 6.45) is 6.02. The second kappa shape index (κ2) is 6.80. The number of fused-ring (bicyclic) bond motifs is 1. The van der Waals surface area contributed by atoms with Crippen molar-refractivity contribution in [3.63, 3.8) is 0 Å². The highest BCUT2D eigenvalue weighted by molar-refractivity contribution is 5.74. The van der Waals surface area contributed by atoms with E-state index in [0.29, 0.717) is 19.6 Å². The fourth-order valence-electron chi connectivity index (χ4n) is 2.98. The number of carbonyl (C=O) groups is 1. The molecule has 0 aliphatic carbocycles. The molecule has 4 heterocycles. The van der Waals surface area contributed by atoms with E-state index in [1.54, 1.807) is 18.7 Å². The Morgan fingerprint density at radius 1 is 1.28 bits per heavy atom. The molecule has 128 valence electrons. The molecule has 2 amide bonds. The smallest absolute Gasteiger partial charge is 0.318 e. The van der Waals surface area contributed by atoms with Crippen molar-refractivity contribution in [2.45, 2.75) is 26.1 Å². The maximum atomic E-state index is 12.5. The first-order valence-corrected chi connectivity index (χ1v) is 8.32. The van der Waals surface area contributed by atoms with Crippen molar-refractivity contribution in [2.75, 3.05) is 6.54 Å². The van der Waals surface area contributed by atoms with Crippen molar-refractivity contribution in [2.24, 2.45) is 0 Å². The lowest BCUT2D eigenvalue weighted by Crippen LogP contribution is -2.39. The molecule has 0 atom stereocenters. The molecule has 0 saturated heterocycles. The van der Waals surface area contributed by atoms with Gasteiger partial charge in [0.15, 0.2) is 0 Å². The fourth-order valence-corrected chi connectivity index (χ4v) is 2.98. The van der Waals surface area contributed by atoms with E-state index in [9.17, 15) is 4.79 Å². The van der Waals surface area contributed by atoms with Gasteiger partial charge < -0.3 is 14.6 Å². The van der Waals surface area contributed by atoms with Gasteiger partial charge >= 0.3 is 6.03 Å². The molecule has 25 heavy (non-hydrogen) atoms. The molecule has 0 spiro atoms. The van der Waals surface area contributed by atoms with Crippen molar-refractivity contribution in [3.8, 4) is 11.3 Å². The van der Waals surface area contributed by atoms with Crippen LogP contribution in [0.1, 0.15) is 17.9 Å². The molecule has 0 fully saturated rings. The molecule has 1 aliphatic heterocycles. The predicted octanol–water partition coefficient (Wildman–Crippen LogP) is 2.65. The van der Waals surface area contributed by atoms with Crippen LogP contribution in [0.25, 0.3) is 11.3 Å². The Hall–Kier alpha value is -3.09. The summed E-state index contributed by atoms with van der Waals surface area (Å²) in [4.78, 5) is 18.4. The van der Waals surface area contributed by atoms with Gasteiger partial charge in [-0.1, -0.05) is 0 Å². The third-order valence-corrected chi connectivity index (χ3v) is 4.25. The van der Waals surface area contributed by atoms with Crippen molar-refractivity contribution in [3.05, 3.63) is 60.4 Å². The van der Waals surface area contributed by atoms with Crippen LogP contribution in [0, 0.1) is 0 Å². The van der Waals surface area contributed by atoms with E-state index in [1.165, 1.54) is 0 Å². The summed E-state index contributed by atoms with van der Waals surface area (Å²) in [6.45, 7) is 2.44. The van der Waals surface area contributed by atoms with Crippen LogP contribution < -0.4 is 5.32 Å². The number of urea groups is 1. The molecule has 7 heteroatoms. The number of amides is 2. The molecule has 7 nitrogen and oxygen atoms in total. The largest absolute Gasteiger partial charge is 0.467 e. The molecule has 0 bridgehead atoms. The molecular weight excluding hydrogens is 318 g/mol. The van der Waals surface area contributed by atoms with Crippen LogP contribution in [0.4, 0.5) is 4.79 Å². The van der Waals surface area contributed by atoms with Crippen LogP contribution in [0.3, 0.4) is 0 Å². The Balaban J connectivity index is 1.47. The summed E-state index contributed by atoms with van der Waals surface area (Å²) in [5.74, 6) is 0.743. The van der Waals surface area contributed by atoms with E-state index in [0.717, 1.165) is 35.7 Å². The zero-order valence-corrected chi connectivity index (χ0v) is 13.8. The van der Waals surface area contributed by atoms with Gasteiger partial charge in [-0.3, -0.25) is 9.67 Å². The number of pyridine rings is 1. The molecule has 1 aliphatic rings. The molecule has 0 saturated carbocycles. The van der Waals surface area contributed by atoms with Gasteiger partial charge in [-0.25, -0.2) is 4.79 Å². The fraction of sp³-hybridized carbons (Fsp3) is 0.278. The van der Waals surface area contributed by atoms with Crippen molar-refractivity contribution >= 4 is 6.03 Å². The predicted molar refractivity (Wildman–Crippen MR) is 91.4 cm³/mol. The van der Waals surface area contributed by atoms with Gasteiger partial charge in [-0.2, -0.15) is 5.10 Å². The van der Waals surface area contributed by atoms with Gasteiger partial charge in [0.1, 0.15) is 5.76 Å². The van der Waals surface area contributed by atoms with Gasteiger partial charge in [-0.15, -0.1) is 0 Å². The van der Waals surface area contributed by atoms with Crippen LogP contribution in [0.2, 0.25) is 0 Å². The van der Waals surface area contributed by atoms with Gasteiger partial charge in [0.25, 0.3) is 0 Å². The van der Waals surface area contributed by atoms with E-state index < -0.39 is 0 Å². The highest BCUT2D eigenvalue weighted by atomic mass is 16.3. The van der Waals surface area contributed by atoms with Gasteiger partial charge in [0.05, 0.1) is 30.7 Å². The Bertz CT molecular complexity index is 842. The lowest BCUT2D eigenvalue weighted by atomic mass is 10.2. The zero-order valence-electron chi connectivity index (χ0n) is 13.8.